The van der Waals surface area contributed by atoms with E-state index in [9.17, 15) is 0 Å². The zero-order chi connectivity index (χ0) is 14.2. The van der Waals surface area contributed by atoms with Gasteiger partial charge in [-0.2, -0.15) is 0 Å². The van der Waals surface area contributed by atoms with Crippen molar-refractivity contribution >= 4 is 0 Å². The summed E-state index contributed by atoms with van der Waals surface area (Å²) in [6.07, 6.45) is 2.00. The molecule has 1 aromatic carbocycles. The number of nitrogens with zero attached hydrogens (tertiary/aromatic N) is 1. The van der Waals surface area contributed by atoms with Crippen LogP contribution >= 0.6 is 0 Å². The van der Waals surface area contributed by atoms with Crippen molar-refractivity contribution in [2.75, 3.05) is 0 Å². The van der Waals surface area contributed by atoms with Crippen molar-refractivity contribution in [3.05, 3.63) is 53.2 Å². The first-order valence-corrected chi connectivity index (χ1v) is 5.37. The normalized spacial score (nSPS) is 14.1. The molecule has 0 saturated heterocycles. The van der Waals surface area contributed by atoms with Gasteiger partial charge in [0.15, 0.2) is 6.20 Å². The molecule has 0 radical (unpaired) electrons. The molecule has 16 heavy (non-hydrogen) atoms. The van der Waals surface area contributed by atoms with E-state index in [0.717, 1.165) is 16.8 Å². The molecule has 0 spiro atoms. The van der Waals surface area contributed by atoms with E-state index >= 15 is 0 Å². The molecule has 1 heteroatoms. The van der Waals surface area contributed by atoms with Crippen LogP contribution in [0.4, 0.5) is 0 Å². The molecule has 2 aromatic rings. The maximum atomic E-state index is 7.46. The van der Waals surface area contributed by atoms with Gasteiger partial charge < -0.3 is 0 Å². The Bertz CT molecular complexity index is 595. The van der Waals surface area contributed by atoms with Crippen LogP contribution in [-0.2, 0) is 7.05 Å². The number of hydrogen-bond donors (Lipinski definition) is 0. The van der Waals surface area contributed by atoms with Gasteiger partial charge in [0, 0.05) is 21.3 Å². The Kier molecular flexibility index (Phi) is 1.95. The highest BCUT2D eigenvalue weighted by Crippen LogP contribution is 2.23. The third-order valence-electron chi connectivity index (χ3n) is 2.86. The summed E-state index contributed by atoms with van der Waals surface area (Å²) in [6, 6.07) is 9.42. The summed E-state index contributed by atoms with van der Waals surface area (Å²) in [5.74, 6) is 0. The molecule has 0 bridgehead atoms. The third-order valence-corrected chi connectivity index (χ3v) is 2.86. The average Bonchev–Trinajstić information content (AvgIpc) is 2.29. The number of rotatable bonds is 1. The minimum absolute atomic E-state index is 0.394. The molecule has 0 atom stereocenters. The molecule has 0 aliphatic heterocycles. The number of aryl methyl sites for hydroxylation is 4. The van der Waals surface area contributed by atoms with Crippen LogP contribution in [-0.4, -0.2) is 0 Å². The molecule has 0 amide bonds. The van der Waals surface area contributed by atoms with Gasteiger partial charge in [0.25, 0.3) is 0 Å². The molecule has 0 aliphatic rings. The summed E-state index contributed by atoms with van der Waals surface area (Å²) < 4.78 is 24.4. The molecule has 82 valence electrons. The lowest BCUT2D eigenvalue weighted by Crippen LogP contribution is -2.31. The molecule has 2 rings (SSSR count). The van der Waals surface area contributed by atoms with Crippen molar-refractivity contribution in [1.82, 2.24) is 0 Å². The molecular weight excluding hydrogens is 194 g/mol. The van der Waals surface area contributed by atoms with Crippen LogP contribution in [0.5, 0.6) is 0 Å². The van der Waals surface area contributed by atoms with E-state index in [4.69, 9.17) is 4.11 Å². The Morgan fingerprint density at radius 3 is 2.56 bits per heavy atom. The standard InChI is InChI=1S/C15H18N/c1-11-7-8-14(13(3)10-11)15-12(2)6-5-9-16(15)4/h5-10H,1-4H3/q+1/i1D3. The molecule has 1 nitrogen and oxygen atoms in total. The largest absolute Gasteiger partial charge is 0.215 e. The Balaban J connectivity index is 2.59. The van der Waals surface area contributed by atoms with Crippen molar-refractivity contribution in [3.8, 4) is 11.3 Å². The van der Waals surface area contributed by atoms with Gasteiger partial charge in [0.1, 0.15) is 7.05 Å². The first kappa shape index (κ1) is 7.61. The van der Waals surface area contributed by atoms with Crippen LogP contribution < -0.4 is 4.57 Å². The number of pyridine rings is 1. The maximum Gasteiger partial charge on any atom is 0.215 e. The van der Waals surface area contributed by atoms with Crippen LogP contribution in [0.3, 0.4) is 0 Å². The highest BCUT2D eigenvalue weighted by Gasteiger charge is 2.14. The predicted octanol–water partition coefficient (Wildman–Crippen LogP) is 3.10. The Hall–Kier alpha value is -1.63. The third kappa shape index (κ3) is 1.85. The molecule has 0 aliphatic carbocycles. The van der Waals surface area contributed by atoms with Gasteiger partial charge in [0.2, 0.25) is 5.69 Å². The molecule has 1 heterocycles. The van der Waals surface area contributed by atoms with Gasteiger partial charge in [-0.1, -0.05) is 17.7 Å². The van der Waals surface area contributed by atoms with Crippen molar-refractivity contribution in [1.29, 1.82) is 0 Å². The second-order valence-electron chi connectivity index (χ2n) is 4.18. The molecule has 1 aromatic heterocycles. The lowest BCUT2D eigenvalue weighted by Gasteiger charge is -2.07. The highest BCUT2D eigenvalue weighted by molar-refractivity contribution is 5.64. The summed E-state index contributed by atoms with van der Waals surface area (Å²) in [4.78, 5) is 0. The van der Waals surface area contributed by atoms with E-state index in [-0.39, 0.29) is 0 Å². The van der Waals surface area contributed by atoms with Gasteiger partial charge in [-0.15, -0.1) is 0 Å². The molecule has 0 fully saturated rings. The second-order valence-corrected chi connectivity index (χ2v) is 4.18. The topological polar surface area (TPSA) is 3.88 Å². The van der Waals surface area contributed by atoms with Gasteiger partial charge in [-0.3, -0.25) is 0 Å². The average molecular weight is 215 g/mol. The quantitative estimate of drug-likeness (QED) is 0.644. The van der Waals surface area contributed by atoms with Gasteiger partial charge in [-0.05, 0) is 38.4 Å². The zero-order valence-corrected chi connectivity index (χ0v) is 9.91. The smallest absolute Gasteiger partial charge is 0.201 e. The van der Waals surface area contributed by atoms with E-state index in [1.807, 2.05) is 32.3 Å². The van der Waals surface area contributed by atoms with E-state index in [1.54, 1.807) is 12.1 Å². The first-order chi connectivity index (χ1) is 8.80. The fourth-order valence-electron chi connectivity index (χ4n) is 2.08. The number of hydrogen-bond acceptors (Lipinski definition) is 0. The van der Waals surface area contributed by atoms with Crippen LogP contribution in [0.15, 0.2) is 36.5 Å². The number of aromatic nitrogens is 1. The van der Waals surface area contributed by atoms with Crippen molar-refractivity contribution in [2.45, 2.75) is 20.7 Å². The van der Waals surface area contributed by atoms with Crippen LogP contribution in [0.2, 0.25) is 0 Å². The monoisotopic (exact) mass is 215 g/mol. The highest BCUT2D eigenvalue weighted by atomic mass is 14.9. The van der Waals surface area contributed by atoms with Crippen LogP contribution in [0, 0.1) is 20.7 Å². The van der Waals surface area contributed by atoms with Crippen molar-refractivity contribution in [2.24, 2.45) is 7.05 Å². The molecule has 0 saturated carbocycles. The fraction of sp³-hybridized carbons (Fsp3) is 0.267. The minimum Gasteiger partial charge on any atom is -0.201 e. The Labute approximate surface area is 102 Å². The summed E-state index contributed by atoms with van der Waals surface area (Å²) in [6.45, 7) is 1.97. The lowest BCUT2D eigenvalue weighted by molar-refractivity contribution is -0.660. The summed E-state index contributed by atoms with van der Waals surface area (Å²) >= 11 is 0. The SMILES string of the molecule is [2H]C([2H])([2H])c1ccc(-c2c(C)ccc[n+]2C)c(C)c1. The van der Waals surface area contributed by atoms with E-state index in [1.165, 1.54) is 5.56 Å². The van der Waals surface area contributed by atoms with Crippen LogP contribution in [0.25, 0.3) is 11.3 Å². The lowest BCUT2D eigenvalue weighted by atomic mass is 9.99. The van der Waals surface area contributed by atoms with E-state index < -0.39 is 6.85 Å². The van der Waals surface area contributed by atoms with Gasteiger partial charge >= 0.3 is 0 Å². The minimum atomic E-state index is -2.04. The van der Waals surface area contributed by atoms with Gasteiger partial charge in [0.05, 0.1) is 0 Å². The molecule has 0 N–H and O–H groups in total. The zero-order valence-electron chi connectivity index (χ0n) is 12.9. The second kappa shape index (κ2) is 4.09. The van der Waals surface area contributed by atoms with E-state index in [2.05, 4.69) is 17.6 Å². The van der Waals surface area contributed by atoms with Crippen LogP contribution in [0.1, 0.15) is 20.8 Å². The Morgan fingerprint density at radius 1 is 1.12 bits per heavy atom. The van der Waals surface area contributed by atoms with Crippen molar-refractivity contribution < 1.29 is 8.68 Å². The summed E-state index contributed by atoms with van der Waals surface area (Å²) in [7, 11) is 2.00. The summed E-state index contributed by atoms with van der Waals surface area (Å²) in [5, 5.41) is 0. The fourth-order valence-corrected chi connectivity index (χ4v) is 2.08. The first-order valence-electron chi connectivity index (χ1n) is 6.87. The maximum absolute atomic E-state index is 7.46. The molecular formula is C15H18N+. The van der Waals surface area contributed by atoms with E-state index in [0.29, 0.717) is 5.56 Å². The predicted molar refractivity (Wildman–Crippen MR) is 67.3 cm³/mol. The molecule has 0 unspecified atom stereocenters. The van der Waals surface area contributed by atoms with Crippen molar-refractivity contribution in [3.63, 3.8) is 0 Å². The summed E-state index contributed by atoms with van der Waals surface area (Å²) in [5.41, 5.74) is 4.75. The Morgan fingerprint density at radius 2 is 1.94 bits per heavy atom. The number of benzene rings is 1. The van der Waals surface area contributed by atoms with Gasteiger partial charge in [-0.25, -0.2) is 4.57 Å².